The van der Waals surface area contributed by atoms with Gasteiger partial charge in [0.1, 0.15) is 5.82 Å². The average molecular weight is 190 g/mol. The lowest BCUT2D eigenvalue weighted by Crippen LogP contribution is -2.29. The molecule has 1 aromatic heterocycles. The van der Waals surface area contributed by atoms with Gasteiger partial charge in [0.25, 0.3) is 0 Å². The first-order chi connectivity index (χ1) is 6.75. The summed E-state index contributed by atoms with van der Waals surface area (Å²) in [5.41, 5.74) is 1.08. The predicted molar refractivity (Wildman–Crippen MR) is 59.4 cm³/mol. The number of aryl methyl sites for hydroxylation is 1. The number of nitrogens with one attached hydrogen (secondary N) is 1. The third-order valence-corrected chi connectivity index (χ3v) is 3.23. The van der Waals surface area contributed by atoms with Crippen LogP contribution in [0.5, 0.6) is 0 Å². The van der Waals surface area contributed by atoms with Crippen molar-refractivity contribution in [3.63, 3.8) is 0 Å². The largest absolute Gasteiger partial charge is 0.370 e. The lowest BCUT2D eigenvalue weighted by Gasteiger charge is -2.34. The van der Waals surface area contributed by atoms with Gasteiger partial charge in [0, 0.05) is 12.2 Å². The number of aromatic nitrogens is 1. The lowest BCUT2D eigenvalue weighted by molar-refractivity contribution is 0.210. The van der Waals surface area contributed by atoms with E-state index in [-0.39, 0.29) is 0 Å². The third kappa shape index (κ3) is 2.06. The van der Waals surface area contributed by atoms with Gasteiger partial charge in [0.15, 0.2) is 0 Å². The number of pyridine rings is 1. The summed E-state index contributed by atoms with van der Waals surface area (Å²) in [6.45, 7) is 5.44. The maximum Gasteiger partial charge on any atom is 0.126 e. The van der Waals surface area contributed by atoms with E-state index in [9.17, 15) is 0 Å². The summed E-state index contributed by atoms with van der Waals surface area (Å²) in [5.74, 6) is 2.77. The van der Waals surface area contributed by atoms with Crippen molar-refractivity contribution in [3.8, 4) is 0 Å². The van der Waals surface area contributed by atoms with E-state index in [1.54, 1.807) is 0 Å². The van der Waals surface area contributed by atoms with Crippen LogP contribution in [0.1, 0.15) is 25.5 Å². The second kappa shape index (κ2) is 3.99. The Labute approximate surface area is 85.7 Å². The van der Waals surface area contributed by atoms with E-state index in [1.807, 2.05) is 19.1 Å². The summed E-state index contributed by atoms with van der Waals surface area (Å²) in [6, 6.07) is 6.11. The van der Waals surface area contributed by atoms with Gasteiger partial charge in [-0.2, -0.15) is 0 Å². The van der Waals surface area contributed by atoms with Gasteiger partial charge >= 0.3 is 0 Å². The summed E-state index contributed by atoms with van der Waals surface area (Å²) in [7, 11) is 0. The minimum Gasteiger partial charge on any atom is -0.370 e. The topological polar surface area (TPSA) is 24.9 Å². The van der Waals surface area contributed by atoms with Crippen molar-refractivity contribution < 1.29 is 0 Å². The Morgan fingerprint density at radius 2 is 2.29 bits per heavy atom. The van der Waals surface area contributed by atoms with E-state index in [2.05, 4.69) is 23.3 Å². The van der Waals surface area contributed by atoms with Crippen LogP contribution < -0.4 is 5.32 Å². The Morgan fingerprint density at radius 3 is 2.86 bits per heavy atom. The zero-order chi connectivity index (χ0) is 9.97. The fraction of sp³-hybridized carbons (Fsp3) is 0.583. The van der Waals surface area contributed by atoms with Gasteiger partial charge in [-0.15, -0.1) is 0 Å². The van der Waals surface area contributed by atoms with Gasteiger partial charge in [-0.1, -0.05) is 19.4 Å². The van der Waals surface area contributed by atoms with Gasteiger partial charge in [0.2, 0.25) is 0 Å². The summed E-state index contributed by atoms with van der Waals surface area (Å²) >= 11 is 0. The highest BCUT2D eigenvalue weighted by Gasteiger charge is 2.25. The van der Waals surface area contributed by atoms with Crippen LogP contribution in [0.3, 0.4) is 0 Å². The van der Waals surface area contributed by atoms with Crippen molar-refractivity contribution in [2.75, 3.05) is 11.9 Å². The molecule has 0 unspecified atom stereocenters. The molecule has 1 aliphatic rings. The van der Waals surface area contributed by atoms with Crippen molar-refractivity contribution in [2.45, 2.75) is 26.7 Å². The fourth-order valence-electron chi connectivity index (χ4n) is 1.92. The Bertz CT molecular complexity index is 309. The molecular weight excluding hydrogens is 172 g/mol. The van der Waals surface area contributed by atoms with Gasteiger partial charge in [-0.3, -0.25) is 0 Å². The van der Waals surface area contributed by atoms with Gasteiger partial charge < -0.3 is 5.32 Å². The number of hydrogen-bond donors (Lipinski definition) is 1. The molecule has 0 saturated heterocycles. The van der Waals surface area contributed by atoms with Gasteiger partial charge in [-0.05, 0) is 37.3 Å². The van der Waals surface area contributed by atoms with Gasteiger partial charge in [-0.25, -0.2) is 4.98 Å². The second-order valence-electron chi connectivity index (χ2n) is 4.36. The van der Waals surface area contributed by atoms with E-state index in [0.717, 1.165) is 29.9 Å². The molecule has 1 aliphatic carbocycles. The fourth-order valence-corrected chi connectivity index (χ4v) is 1.92. The highest BCUT2D eigenvalue weighted by atomic mass is 15.0. The number of nitrogens with zero attached hydrogens (tertiary/aromatic N) is 1. The standard InChI is InChI=1S/C12H18N2/c1-9-6-7-11(9)8-13-12-5-3-4-10(2)14-12/h3-5,9,11H,6-8H2,1-2H3,(H,13,14)/t9-,11+/m0/s1. The van der Waals surface area contributed by atoms with Crippen LogP contribution in [0.2, 0.25) is 0 Å². The molecule has 76 valence electrons. The van der Waals surface area contributed by atoms with E-state index in [1.165, 1.54) is 12.8 Å². The van der Waals surface area contributed by atoms with Crippen molar-refractivity contribution in [1.29, 1.82) is 0 Å². The van der Waals surface area contributed by atoms with Crippen LogP contribution in [0.15, 0.2) is 18.2 Å². The first kappa shape index (κ1) is 9.50. The van der Waals surface area contributed by atoms with Crippen LogP contribution >= 0.6 is 0 Å². The van der Waals surface area contributed by atoms with Crippen molar-refractivity contribution in [3.05, 3.63) is 23.9 Å². The minimum atomic E-state index is 0.859. The smallest absolute Gasteiger partial charge is 0.126 e. The third-order valence-electron chi connectivity index (χ3n) is 3.23. The first-order valence-corrected chi connectivity index (χ1v) is 5.43. The number of hydrogen-bond acceptors (Lipinski definition) is 2. The molecule has 0 aromatic carbocycles. The quantitative estimate of drug-likeness (QED) is 0.792. The Kier molecular flexibility index (Phi) is 2.71. The minimum absolute atomic E-state index is 0.859. The van der Waals surface area contributed by atoms with Crippen LogP contribution in [0, 0.1) is 18.8 Å². The molecule has 2 atom stereocenters. The molecule has 2 heteroatoms. The molecule has 2 nitrogen and oxygen atoms in total. The van der Waals surface area contributed by atoms with E-state index in [4.69, 9.17) is 0 Å². The summed E-state index contributed by atoms with van der Waals surface area (Å²) in [5, 5.41) is 3.41. The van der Waals surface area contributed by atoms with Crippen LogP contribution in [0.4, 0.5) is 5.82 Å². The van der Waals surface area contributed by atoms with Crippen molar-refractivity contribution >= 4 is 5.82 Å². The molecule has 1 heterocycles. The zero-order valence-electron chi connectivity index (χ0n) is 8.96. The monoisotopic (exact) mass is 190 g/mol. The highest BCUT2D eigenvalue weighted by molar-refractivity contribution is 5.35. The average Bonchev–Trinajstić information content (AvgIpc) is 2.16. The van der Waals surface area contributed by atoms with Crippen LogP contribution in [0.25, 0.3) is 0 Å². The molecule has 2 rings (SSSR count). The molecule has 0 spiro atoms. The SMILES string of the molecule is Cc1cccc(NC[C@H]2CC[C@@H]2C)n1. The Balaban J connectivity index is 1.85. The first-order valence-electron chi connectivity index (χ1n) is 5.43. The molecule has 1 saturated carbocycles. The lowest BCUT2D eigenvalue weighted by atomic mass is 9.75. The predicted octanol–water partition coefficient (Wildman–Crippen LogP) is 2.85. The maximum absolute atomic E-state index is 4.42. The molecule has 1 aromatic rings. The van der Waals surface area contributed by atoms with Crippen molar-refractivity contribution in [1.82, 2.24) is 4.98 Å². The molecule has 1 N–H and O–H groups in total. The van der Waals surface area contributed by atoms with E-state index >= 15 is 0 Å². The molecule has 0 aliphatic heterocycles. The molecular formula is C12H18N2. The Hall–Kier alpha value is -1.05. The Morgan fingerprint density at radius 1 is 1.43 bits per heavy atom. The normalized spacial score (nSPS) is 25.6. The van der Waals surface area contributed by atoms with Gasteiger partial charge in [0.05, 0.1) is 0 Å². The summed E-state index contributed by atoms with van der Waals surface area (Å²) in [4.78, 5) is 4.42. The molecule has 0 bridgehead atoms. The van der Waals surface area contributed by atoms with Crippen LogP contribution in [-0.2, 0) is 0 Å². The second-order valence-corrected chi connectivity index (χ2v) is 4.36. The van der Waals surface area contributed by atoms with Crippen LogP contribution in [-0.4, -0.2) is 11.5 Å². The van der Waals surface area contributed by atoms with E-state index < -0.39 is 0 Å². The molecule has 1 fully saturated rings. The summed E-state index contributed by atoms with van der Waals surface area (Å²) < 4.78 is 0. The van der Waals surface area contributed by atoms with E-state index in [0.29, 0.717) is 0 Å². The number of rotatable bonds is 3. The molecule has 0 amide bonds. The highest BCUT2D eigenvalue weighted by Crippen LogP contribution is 2.33. The molecule has 14 heavy (non-hydrogen) atoms. The molecule has 0 radical (unpaired) electrons. The number of anilines is 1. The van der Waals surface area contributed by atoms with Crippen molar-refractivity contribution in [2.24, 2.45) is 11.8 Å². The zero-order valence-corrected chi connectivity index (χ0v) is 8.96. The maximum atomic E-state index is 4.42. The summed E-state index contributed by atoms with van der Waals surface area (Å²) in [6.07, 6.45) is 2.77.